The number of H-pyrrole nitrogens is 1. The summed E-state index contributed by atoms with van der Waals surface area (Å²) in [6, 6.07) is 16.4. The Morgan fingerprint density at radius 1 is 1.00 bits per heavy atom. The van der Waals surface area contributed by atoms with Crippen molar-refractivity contribution in [1.82, 2.24) is 10.3 Å². The van der Waals surface area contributed by atoms with Gasteiger partial charge in [-0.1, -0.05) is 49.0 Å². The van der Waals surface area contributed by atoms with Crippen molar-refractivity contribution in [2.75, 3.05) is 6.61 Å². The van der Waals surface area contributed by atoms with Crippen LogP contribution < -0.4 is 15.8 Å². The number of unbranched alkanes of at least 4 members (excludes halogenated alkanes) is 3. The van der Waals surface area contributed by atoms with E-state index in [9.17, 15) is 24.9 Å². The summed E-state index contributed by atoms with van der Waals surface area (Å²) in [5.41, 5.74) is 13.6. The smallest absolute Gasteiger partial charge is 0.165 e. The summed E-state index contributed by atoms with van der Waals surface area (Å²) < 4.78 is 6.04. The van der Waals surface area contributed by atoms with Gasteiger partial charge < -0.3 is 36.1 Å². The molecule has 0 spiro atoms. The first-order chi connectivity index (χ1) is 26.2. The fraction of sp³-hybridized carbons (Fsp3) is 0.333. The maximum atomic E-state index is 13.8. The normalized spacial score (nSPS) is 16.8. The number of Topliss-reactive ketones (excluding diaryl/α,β-unsaturated/α-hetero) is 1. The molecule has 9 heteroatoms. The van der Waals surface area contributed by atoms with E-state index in [1.807, 2.05) is 42.6 Å². The summed E-state index contributed by atoms with van der Waals surface area (Å²) in [5, 5.41) is 34.3. The Balaban J connectivity index is 1.14. The lowest BCUT2D eigenvalue weighted by atomic mass is 9.80. The molecule has 2 heterocycles. The fourth-order valence-corrected chi connectivity index (χ4v) is 7.11. The number of aliphatic hydroxyl groups is 1. The van der Waals surface area contributed by atoms with Gasteiger partial charge in [-0.15, -0.1) is 0 Å². The summed E-state index contributed by atoms with van der Waals surface area (Å²) in [7, 11) is 0. The Morgan fingerprint density at radius 3 is 2.65 bits per heavy atom. The number of aryl methyl sites for hydroxylation is 1. The van der Waals surface area contributed by atoms with E-state index in [4.69, 9.17) is 10.5 Å². The summed E-state index contributed by atoms with van der Waals surface area (Å²) in [6.45, 7) is 2.05. The molecule has 1 aliphatic carbocycles. The number of phenols is 2. The predicted octanol–water partition coefficient (Wildman–Crippen LogP) is 7.28. The molecule has 54 heavy (non-hydrogen) atoms. The molecule has 0 saturated carbocycles. The highest BCUT2D eigenvalue weighted by Crippen LogP contribution is 2.40. The minimum absolute atomic E-state index is 0.0149. The molecule has 4 aromatic rings. The Kier molecular flexibility index (Phi) is 12.7. The lowest BCUT2D eigenvalue weighted by Crippen LogP contribution is -2.27. The number of ether oxygens (including phenoxy) is 1. The van der Waals surface area contributed by atoms with Gasteiger partial charge in [0.1, 0.15) is 11.9 Å². The molecule has 0 bridgehead atoms. The number of aliphatic hydroxyl groups excluding tert-OH is 1. The zero-order valence-corrected chi connectivity index (χ0v) is 30.7. The van der Waals surface area contributed by atoms with E-state index in [2.05, 4.69) is 22.1 Å². The van der Waals surface area contributed by atoms with E-state index in [1.165, 1.54) is 0 Å². The van der Waals surface area contributed by atoms with Crippen molar-refractivity contribution in [2.24, 2.45) is 5.73 Å². The number of aromatic hydroxyl groups is 2. The van der Waals surface area contributed by atoms with Gasteiger partial charge in [-0.3, -0.25) is 9.59 Å². The van der Waals surface area contributed by atoms with E-state index in [-0.39, 0.29) is 42.2 Å². The van der Waals surface area contributed by atoms with Gasteiger partial charge in [0.2, 0.25) is 0 Å². The van der Waals surface area contributed by atoms with Crippen LogP contribution in [0.1, 0.15) is 119 Å². The number of rotatable bonds is 15. The minimum Gasteiger partial charge on any atom is -0.508 e. The lowest BCUT2D eigenvalue weighted by molar-refractivity contribution is -0.114. The number of nitrogens with two attached hydrogens (primary N) is 1. The molecule has 0 radical (unpaired) electrons. The maximum absolute atomic E-state index is 13.8. The lowest BCUT2D eigenvalue weighted by Gasteiger charge is -2.26. The minimum atomic E-state index is -0.493. The zero-order valence-electron chi connectivity index (χ0n) is 30.7. The van der Waals surface area contributed by atoms with Crippen LogP contribution >= 0.6 is 0 Å². The Hall–Kier alpha value is -5.56. The molecule has 3 aromatic carbocycles. The number of benzene rings is 3. The number of carbonyl (C=O) groups excluding carboxylic acids is 2. The first-order valence-corrected chi connectivity index (χ1v) is 18.8. The Labute approximate surface area is 317 Å². The van der Waals surface area contributed by atoms with Crippen molar-refractivity contribution < 1.29 is 29.6 Å². The van der Waals surface area contributed by atoms with Crippen LogP contribution in [0.4, 0.5) is 0 Å². The average Bonchev–Trinajstić information content (AvgIpc) is 3.63. The molecule has 0 amide bonds. The molecule has 6 rings (SSSR count). The highest BCUT2D eigenvalue weighted by molar-refractivity contribution is 5.98. The van der Waals surface area contributed by atoms with Crippen molar-refractivity contribution in [3.8, 4) is 29.1 Å². The van der Waals surface area contributed by atoms with Crippen LogP contribution in [0.3, 0.4) is 0 Å². The molecule has 3 atom stereocenters. The van der Waals surface area contributed by atoms with Gasteiger partial charge in [0.25, 0.3) is 0 Å². The second-order valence-electron chi connectivity index (χ2n) is 14.2. The van der Waals surface area contributed by atoms with E-state index in [1.54, 1.807) is 49.5 Å². The largest absolute Gasteiger partial charge is 0.508 e. The Bertz CT molecular complexity index is 2100. The van der Waals surface area contributed by atoms with Gasteiger partial charge >= 0.3 is 0 Å². The van der Waals surface area contributed by atoms with E-state index < -0.39 is 12.1 Å². The van der Waals surface area contributed by atoms with Crippen LogP contribution in [0.25, 0.3) is 6.08 Å². The maximum Gasteiger partial charge on any atom is 0.165 e. The molecule has 7 N–H and O–H groups in total. The number of phenolic OH excluding ortho intramolecular Hbond substituents is 2. The Morgan fingerprint density at radius 2 is 1.81 bits per heavy atom. The van der Waals surface area contributed by atoms with Crippen LogP contribution in [0.5, 0.6) is 17.2 Å². The van der Waals surface area contributed by atoms with Gasteiger partial charge in [0, 0.05) is 53.8 Å². The van der Waals surface area contributed by atoms with Gasteiger partial charge in [0.05, 0.1) is 19.1 Å². The number of aromatic nitrogens is 1. The van der Waals surface area contributed by atoms with Crippen LogP contribution in [-0.4, -0.2) is 44.6 Å². The quantitative estimate of drug-likeness (QED) is 0.0424. The zero-order chi connectivity index (χ0) is 38.0. The number of aromatic amines is 1. The molecule has 2 aliphatic rings. The van der Waals surface area contributed by atoms with Crippen molar-refractivity contribution in [1.29, 1.82) is 0 Å². The third kappa shape index (κ3) is 9.70. The number of fused-ring (bicyclic) bond motifs is 3. The predicted molar refractivity (Wildman–Crippen MR) is 210 cm³/mol. The summed E-state index contributed by atoms with van der Waals surface area (Å²) in [5.74, 6) is 6.53. The second-order valence-corrected chi connectivity index (χ2v) is 14.2. The number of nitrogens with one attached hydrogen (secondary N) is 2. The van der Waals surface area contributed by atoms with Gasteiger partial charge in [0.15, 0.2) is 23.1 Å². The number of hydrogen-bond donors (Lipinski definition) is 6. The van der Waals surface area contributed by atoms with Crippen molar-refractivity contribution >= 4 is 17.6 Å². The summed E-state index contributed by atoms with van der Waals surface area (Å²) >= 11 is 0. The first kappa shape index (κ1) is 38.2. The van der Waals surface area contributed by atoms with Gasteiger partial charge in [-0.25, -0.2) is 0 Å². The molecule has 1 aromatic heterocycles. The molecule has 280 valence electrons. The molecule has 0 saturated heterocycles. The van der Waals surface area contributed by atoms with Crippen LogP contribution in [-0.2, 0) is 24.1 Å². The summed E-state index contributed by atoms with van der Waals surface area (Å²) in [6.07, 6.45) is 15.0. The third-order valence-electron chi connectivity index (χ3n) is 10.1. The van der Waals surface area contributed by atoms with Crippen molar-refractivity contribution in [3.05, 3.63) is 129 Å². The first-order valence-electron chi connectivity index (χ1n) is 18.8. The van der Waals surface area contributed by atoms with E-state index in [0.29, 0.717) is 42.6 Å². The molecule has 0 fully saturated rings. The number of ketones is 2. The fourth-order valence-electron chi connectivity index (χ4n) is 7.11. The van der Waals surface area contributed by atoms with E-state index in [0.717, 1.165) is 71.2 Å². The topological polar surface area (TPSA) is 158 Å². The summed E-state index contributed by atoms with van der Waals surface area (Å²) in [4.78, 5) is 29.5. The third-order valence-corrected chi connectivity index (χ3v) is 10.1. The molecule has 3 unspecified atom stereocenters. The number of allylic oxidation sites excluding steroid dienone is 2. The number of hydrogen-bond acceptors (Lipinski definition) is 8. The molecular weight excluding hydrogens is 679 g/mol. The second kappa shape index (κ2) is 18.0. The average molecular weight is 728 g/mol. The SMILES string of the molecule is CC(O)CCCCCC=CC(=O)CCc1ccc(O)c(OCCc2ccc(O)c(C3CC(=O)c4cc[nH]c4CC#Cc4cc5c(cc43)C=CNC5N)c2)c1. The van der Waals surface area contributed by atoms with Gasteiger partial charge in [-0.2, -0.15) is 0 Å². The van der Waals surface area contributed by atoms with Crippen LogP contribution in [0.2, 0.25) is 0 Å². The van der Waals surface area contributed by atoms with Crippen molar-refractivity contribution in [3.63, 3.8) is 0 Å². The van der Waals surface area contributed by atoms with Crippen LogP contribution in [0, 0.1) is 11.8 Å². The molecule has 1 aliphatic heterocycles. The highest BCUT2D eigenvalue weighted by Gasteiger charge is 2.28. The highest BCUT2D eigenvalue weighted by atomic mass is 16.5. The van der Waals surface area contributed by atoms with Crippen molar-refractivity contribution in [2.45, 2.75) is 89.3 Å². The molecule has 9 nitrogen and oxygen atoms in total. The monoisotopic (exact) mass is 727 g/mol. The standard InChI is InChI=1S/C45H49N3O6/c1-29(49)8-5-3-2-4-6-10-34(50)15-12-30-14-17-42(52)44(25-30)54-23-20-31-13-16-41(51)39(24-31)38-28-43(53)35-19-22-47-40(35)11-7-9-32-27-37-33(26-36(32)38)18-21-48-45(37)46/h6,10,13-14,16-19,21-22,24-27,29,38,45,47-49,51-52H,2-5,8,11-12,15,20,23,28,46H2,1H3. The van der Waals surface area contributed by atoms with Gasteiger partial charge in [-0.05, 0) is 115 Å². The van der Waals surface area contributed by atoms with Crippen LogP contribution in [0.15, 0.2) is 79.1 Å². The van der Waals surface area contributed by atoms with E-state index >= 15 is 0 Å². The molecular formula is C45H49N3O6. The number of carbonyl (C=O) groups is 2.